The van der Waals surface area contributed by atoms with Crippen LogP contribution in [0.25, 0.3) is 10.9 Å². The van der Waals surface area contributed by atoms with Gasteiger partial charge in [0.2, 0.25) is 5.95 Å². The molecule has 0 atom stereocenters. The Balaban J connectivity index is 1.20. The van der Waals surface area contributed by atoms with Crippen LogP contribution >= 0.6 is 0 Å². The van der Waals surface area contributed by atoms with Crippen molar-refractivity contribution in [2.24, 2.45) is 5.92 Å². The number of nitrogens with zero attached hydrogens (tertiary/aromatic N) is 4. The molecule has 9 heteroatoms. The van der Waals surface area contributed by atoms with Crippen LogP contribution in [0.1, 0.15) is 25.7 Å². The normalized spacial score (nSPS) is 17.9. The summed E-state index contributed by atoms with van der Waals surface area (Å²) in [5, 5.41) is 19.1. The Hall–Kier alpha value is -3.46. The summed E-state index contributed by atoms with van der Waals surface area (Å²) in [4.78, 5) is 22.2. The summed E-state index contributed by atoms with van der Waals surface area (Å²) in [6.45, 7) is 1.97. The van der Waals surface area contributed by atoms with Gasteiger partial charge in [-0.3, -0.25) is 10.1 Å². The van der Waals surface area contributed by atoms with Crippen molar-refractivity contribution in [2.75, 3.05) is 44.0 Å². The molecule has 0 unspecified atom stereocenters. The van der Waals surface area contributed by atoms with Crippen LogP contribution in [-0.4, -0.2) is 54.7 Å². The summed E-state index contributed by atoms with van der Waals surface area (Å²) < 4.78 is 5.60. The molecule has 2 N–H and O–H groups in total. The highest BCUT2D eigenvalue weighted by atomic mass is 16.6. The minimum Gasteiger partial charge on any atom is -0.485 e. The van der Waals surface area contributed by atoms with Crippen LogP contribution < -0.4 is 20.3 Å². The van der Waals surface area contributed by atoms with E-state index in [1.165, 1.54) is 6.07 Å². The number of hydrogen-bond acceptors (Lipinski definition) is 8. The van der Waals surface area contributed by atoms with Gasteiger partial charge in [-0.15, -0.1) is 0 Å². The quantitative estimate of drug-likeness (QED) is 0.261. The van der Waals surface area contributed by atoms with E-state index in [1.54, 1.807) is 18.2 Å². The van der Waals surface area contributed by atoms with Crippen LogP contribution in [0.2, 0.25) is 0 Å². The molecule has 0 saturated heterocycles. The predicted molar refractivity (Wildman–Crippen MR) is 135 cm³/mol. The van der Waals surface area contributed by atoms with Crippen molar-refractivity contribution in [1.29, 1.82) is 0 Å². The summed E-state index contributed by atoms with van der Waals surface area (Å²) in [6.07, 6.45) is 4.41. The molecule has 180 valence electrons. The molecule has 1 aliphatic rings. The van der Waals surface area contributed by atoms with Gasteiger partial charge in [0.25, 0.3) is 0 Å². The van der Waals surface area contributed by atoms with Crippen molar-refractivity contribution in [3.8, 4) is 5.75 Å². The number of anilines is 2. The SMILES string of the molecule is CN(C)c1nc(N[C@H]2CC[C@@H](CNCCOc3ccccc3[N+](=O)[O-])CC2)nc2ccccc12. The van der Waals surface area contributed by atoms with E-state index < -0.39 is 4.92 Å². The Kier molecular flexibility index (Phi) is 7.74. The summed E-state index contributed by atoms with van der Waals surface area (Å²) in [7, 11) is 4.01. The molecule has 2 aromatic carbocycles. The number of hydrogen-bond donors (Lipinski definition) is 2. The number of benzene rings is 2. The fourth-order valence-corrected chi connectivity index (χ4v) is 4.43. The van der Waals surface area contributed by atoms with Crippen LogP contribution in [0.4, 0.5) is 17.5 Å². The molecule has 1 heterocycles. The minimum absolute atomic E-state index is 0.00131. The lowest BCUT2D eigenvalue weighted by molar-refractivity contribution is -0.385. The van der Waals surface area contributed by atoms with E-state index in [9.17, 15) is 10.1 Å². The molecule has 0 amide bonds. The molecule has 1 saturated carbocycles. The number of ether oxygens (including phenoxy) is 1. The minimum atomic E-state index is -0.417. The van der Waals surface area contributed by atoms with Gasteiger partial charge in [0, 0.05) is 38.1 Å². The number of fused-ring (bicyclic) bond motifs is 1. The predicted octanol–water partition coefficient (Wildman–Crippen LogP) is 4.24. The molecule has 34 heavy (non-hydrogen) atoms. The van der Waals surface area contributed by atoms with Crippen LogP contribution in [0.15, 0.2) is 48.5 Å². The van der Waals surface area contributed by atoms with Gasteiger partial charge in [0.15, 0.2) is 5.75 Å². The van der Waals surface area contributed by atoms with Gasteiger partial charge < -0.3 is 20.3 Å². The number of nitro benzene ring substituents is 1. The average Bonchev–Trinajstić information content (AvgIpc) is 2.84. The fraction of sp³-hybridized carbons (Fsp3) is 0.440. The molecule has 4 rings (SSSR count). The first-order valence-corrected chi connectivity index (χ1v) is 11.8. The standard InChI is InChI=1S/C25H32N6O3/c1-30(2)24-20-7-3-4-8-21(20)28-25(29-24)27-19-13-11-18(12-14-19)17-26-15-16-34-23-10-6-5-9-22(23)31(32)33/h3-10,18-19,26H,11-17H2,1-2H3,(H,27,28,29)/t18-,19+. The number of rotatable bonds is 10. The molecule has 0 radical (unpaired) electrons. The number of nitrogens with one attached hydrogen (secondary N) is 2. The van der Waals surface area contributed by atoms with Gasteiger partial charge in [-0.2, -0.15) is 4.98 Å². The second-order valence-electron chi connectivity index (χ2n) is 8.92. The third kappa shape index (κ3) is 5.91. The zero-order valence-electron chi connectivity index (χ0n) is 19.7. The van der Waals surface area contributed by atoms with Crippen LogP contribution in [-0.2, 0) is 0 Å². The van der Waals surface area contributed by atoms with Gasteiger partial charge in [-0.25, -0.2) is 4.98 Å². The van der Waals surface area contributed by atoms with Crippen molar-refractivity contribution in [2.45, 2.75) is 31.7 Å². The van der Waals surface area contributed by atoms with Gasteiger partial charge in [-0.05, 0) is 56.3 Å². The topological polar surface area (TPSA) is 105 Å². The maximum Gasteiger partial charge on any atom is 0.310 e. The van der Waals surface area contributed by atoms with E-state index in [4.69, 9.17) is 14.7 Å². The molecule has 3 aromatic rings. The molecule has 1 fully saturated rings. The van der Waals surface area contributed by atoms with Crippen molar-refractivity contribution < 1.29 is 9.66 Å². The Morgan fingerprint density at radius 3 is 2.56 bits per heavy atom. The van der Waals surface area contributed by atoms with Gasteiger partial charge in [0.1, 0.15) is 12.4 Å². The third-order valence-electron chi connectivity index (χ3n) is 6.22. The Labute approximate surface area is 199 Å². The fourth-order valence-electron chi connectivity index (χ4n) is 4.43. The average molecular weight is 465 g/mol. The van der Waals surface area contributed by atoms with E-state index in [-0.39, 0.29) is 5.69 Å². The third-order valence-corrected chi connectivity index (χ3v) is 6.22. The number of nitro groups is 1. The number of aromatic nitrogens is 2. The van der Waals surface area contributed by atoms with Crippen LogP contribution in [0.5, 0.6) is 5.75 Å². The van der Waals surface area contributed by atoms with Crippen molar-refractivity contribution >= 4 is 28.4 Å². The zero-order chi connectivity index (χ0) is 23.9. The monoisotopic (exact) mass is 464 g/mol. The van der Waals surface area contributed by atoms with Gasteiger partial charge >= 0.3 is 5.69 Å². The maximum atomic E-state index is 11.1. The second-order valence-corrected chi connectivity index (χ2v) is 8.92. The largest absolute Gasteiger partial charge is 0.485 e. The molecule has 0 spiro atoms. The first-order valence-electron chi connectivity index (χ1n) is 11.8. The van der Waals surface area contributed by atoms with Gasteiger partial charge in [-0.1, -0.05) is 24.3 Å². The molecule has 1 aliphatic carbocycles. The Morgan fingerprint density at radius 2 is 1.79 bits per heavy atom. The lowest BCUT2D eigenvalue weighted by Gasteiger charge is -2.29. The molecule has 9 nitrogen and oxygen atoms in total. The first kappa shape index (κ1) is 23.7. The highest BCUT2D eigenvalue weighted by Crippen LogP contribution is 2.28. The summed E-state index contributed by atoms with van der Waals surface area (Å²) >= 11 is 0. The smallest absolute Gasteiger partial charge is 0.310 e. The summed E-state index contributed by atoms with van der Waals surface area (Å²) in [6, 6.07) is 14.9. The van der Waals surface area contributed by atoms with Crippen molar-refractivity contribution in [1.82, 2.24) is 15.3 Å². The molecule has 0 bridgehead atoms. The van der Waals surface area contributed by atoms with E-state index >= 15 is 0 Å². The van der Waals surface area contributed by atoms with E-state index in [2.05, 4.69) is 16.7 Å². The second kappa shape index (κ2) is 11.1. The van der Waals surface area contributed by atoms with Crippen LogP contribution in [0, 0.1) is 16.0 Å². The Bertz CT molecular complexity index is 1110. The summed E-state index contributed by atoms with van der Waals surface area (Å²) in [5.74, 6) is 2.54. The molecular weight excluding hydrogens is 432 g/mol. The van der Waals surface area contributed by atoms with E-state index in [1.807, 2.05) is 37.2 Å². The van der Waals surface area contributed by atoms with Crippen molar-refractivity contribution in [3.63, 3.8) is 0 Å². The first-order chi connectivity index (χ1) is 16.5. The molecular formula is C25H32N6O3. The Morgan fingerprint density at radius 1 is 1.06 bits per heavy atom. The lowest BCUT2D eigenvalue weighted by Crippen LogP contribution is -2.33. The summed E-state index contributed by atoms with van der Waals surface area (Å²) in [5.41, 5.74) is 0.950. The van der Waals surface area contributed by atoms with Crippen LogP contribution in [0.3, 0.4) is 0 Å². The molecule has 0 aliphatic heterocycles. The van der Waals surface area contributed by atoms with E-state index in [0.717, 1.165) is 48.9 Å². The van der Waals surface area contributed by atoms with Crippen molar-refractivity contribution in [3.05, 3.63) is 58.6 Å². The maximum absolute atomic E-state index is 11.1. The number of para-hydroxylation sites is 3. The van der Waals surface area contributed by atoms with E-state index in [0.29, 0.717) is 36.8 Å². The highest BCUT2D eigenvalue weighted by molar-refractivity contribution is 5.90. The zero-order valence-corrected chi connectivity index (χ0v) is 19.7. The van der Waals surface area contributed by atoms with Gasteiger partial charge in [0.05, 0.1) is 10.4 Å². The molecule has 1 aromatic heterocycles. The highest BCUT2D eigenvalue weighted by Gasteiger charge is 2.22. The lowest BCUT2D eigenvalue weighted by atomic mass is 9.86.